The summed E-state index contributed by atoms with van der Waals surface area (Å²) in [6.45, 7) is 5.19. The smallest absolute Gasteiger partial charge is 0.309 e. The molecular formula is C20H29N3O6S. The standard InChI is InChI=1S/C20H29N3O6S/c1-2-29-20(25)16-7-9-22(10-8-16)15-19(24)21-17-3-5-18(6-4-17)30(26,27)23-11-13-28-14-12-23/h3-6,16H,2,7-15H2,1H3,(H,21,24). The Balaban J connectivity index is 1.48. The molecule has 0 radical (unpaired) electrons. The predicted octanol–water partition coefficient (Wildman–Crippen LogP) is 0.921. The SMILES string of the molecule is CCOC(=O)C1CCN(CC(=O)Nc2ccc(S(=O)(=O)N3CCOCC3)cc2)CC1. The largest absolute Gasteiger partial charge is 0.466 e. The maximum Gasteiger partial charge on any atom is 0.309 e. The van der Waals surface area contributed by atoms with Crippen LogP contribution in [0.4, 0.5) is 5.69 Å². The highest BCUT2D eigenvalue weighted by Gasteiger charge is 2.27. The lowest BCUT2D eigenvalue weighted by Crippen LogP contribution is -2.41. The second-order valence-electron chi connectivity index (χ2n) is 7.39. The topological polar surface area (TPSA) is 105 Å². The van der Waals surface area contributed by atoms with Gasteiger partial charge in [-0.25, -0.2) is 8.42 Å². The van der Waals surface area contributed by atoms with E-state index in [4.69, 9.17) is 9.47 Å². The van der Waals surface area contributed by atoms with Crippen molar-refractivity contribution in [2.24, 2.45) is 5.92 Å². The number of nitrogens with one attached hydrogen (secondary N) is 1. The summed E-state index contributed by atoms with van der Waals surface area (Å²) in [6.07, 6.45) is 1.36. The lowest BCUT2D eigenvalue weighted by atomic mass is 9.97. The lowest BCUT2D eigenvalue weighted by Gasteiger charge is -2.30. The lowest BCUT2D eigenvalue weighted by molar-refractivity contribution is -0.149. The van der Waals surface area contributed by atoms with E-state index < -0.39 is 10.0 Å². The molecule has 2 saturated heterocycles. The van der Waals surface area contributed by atoms with Gasteiger partial charge < -0.3 is 14.8 Å². The number of sulfonamides is 1. The highest BCUT2D eigenvalue weighted by Crippen LogP contribution is 2.21. The molecule has 0 saturated carbocycles. The highest BCUT2D eigenvalue weighted by molar-refractivity contribution is 7.89. The third-order valence-corrected chi connectivity index (χ3v) is 7.23. The fourth-order valence-electron chi connectivity index (χ4n) is 3.64. The van der Waals surface area contributed by atoms with Crippen molar-refractivity contribution >= 4 is 27.6 Å². The number of hydrogen-bond donors (Lipinski definition) is 1. The molecule has 0 spiro atoms. The van der Waals surface area contributed by atoms with E-state index in [2.05, 4.69) is 5.32 Å². The first-order valence-corrected chi connectivity index (χ1v) is 11.7. The number of anilines is 1. The van der Waals surface area contributed by atoms with Crippen molar-refractivity contribution < 1.29 is 27.5 Å². The maximum absolute atomic E-state index is 12.6. The Kier molecular flexibility index (Phi) is 7.81. The number of piperidine rings is 1. The Morgan fingerprint density at radius 2 is 1.73 bits per heavy atom. The first kappa shape index (κ1) is 22.7. The van der Waals surface area contributed by atoms with Crippen molar-refractivity contribution in [2.45, 2.75) is 24.7 Å². The number of carbonyl (C=O) groups is 2. The summed E-state index contributed by atoms with van der Waals surface area (Å²) >= 11 is 0. The molecule has 3 rings (SSSR count). The van der Waals surface area contributed by atoms with Gasteiger partial charge >= 0.3 is 5.97 Å². The molecule has 10 heteroatoms. The molecule has 1 aromatic carbocycles. The van der Waals surface area contributed by atoms with Gasteiger partial charge in [0.05, 0.1) is 37.2 Å². The molecule has 1 amide bonds. The van der Waals surface area contributed by atoms with Crippen LogP contribution in [0.25, 0.3) is 0 Å². The molecular weight excluding hydrogens is 410 g/mol. The number of morpholine rings is 1. The molecule has 0 aliphatic carbocycles. The second-order valence-corrected chi connectivity index (χ2v) is 9.33. The van der Waals surface area contributed by atoms with Gasteiger partial charge in [-0.2, -0.15) is 4.31 Å². The van der Waals surface area contributed by atoms with Crippen LogP contribution in [0, 0.1) is 5.92 Å². The van der Waals surface area contributed by atoms with Gasteiger partial charge in [-0.1, -0.05) is 0 Å². The third kappa shape index (κ3) is 5.78. The van der Waals surface area contributed by atoms with E-state index in [-0.39, 0.29) is 29.2 Å². The van der Waals surface area contributed by atoms with Crippen LogP contribution in [0.15, 0.2) is 29.2 Å². The van der Waals surface area contributed by atoms with Crippen LogP contribution < -0.4 is 5.32 Å². The monoisotopic (exact) mass is 439 g/mol. The van der Waals surface area contributed by atoms with E-state index in [1.54, 1.807) is 19.1 Å². The van der Waals surface area contributed by atoms with Gasteiger partial charge in [0.2, 0.25) is 15.9 Å². The summed E-state index contributed by atoms with van der Waals surface area (Å²) in [5.41, 5.74) is 0.544. The first-order chi connectivity index (χ1) is 14.4. The number of nitrogens with zero attached hydrogens (tertiary/aromatic N) is 2. The zero-order valence-electron chi connectivity index (χ0n) is 17.2. The number of carbonyl (C=O) groups excluding carboxylic acids is 2. The van der Waals surface area contributed by atoms with Gasteiger partial charge in [0.1, 0.15) is 0 Å². The molecule has 1 N–H and O–H groups in total. The Morgan fingerprint density at radius 3 is 2.33 bits per heavy atom. The molecule has 1 aromatic rings. The fourth-order valence-corrected chi connectivity index (χ4v) is 5.04. The zero-order valence-corrected chi connectivity index (χ0v) is 18.0. The molecule has 2 aliphatic rings. The summed E-state index contributed by atoms with van der Waals surface area (Å²) in [6, 6.07) is 6.20. The van der Waals surface area contributed by atoms with Crippen LogP contribution in [0.1, 0.15) is 19.8 Å². The molecule has 0 unspecified atom stereocenters. The summed E-state index contributed by atoms with van der Waals surface area (Å²) in [5.74, 6) is -0.424. The van der Waals surface area contributed by atoms with Crippen molar-refractivity contribution in [1.82, 2.24) is 9.21 Å². The van der Waals surface area contributed by atoms with E-state index in [1.165, 1.54) is 16.4 Å². The number of amides is 1. The number of likely N-dealkylation sites (tertiary alicyclic amines) is 1. The van der Waals surface area contributed by atoms with Crippen molar-refractivity contribution in [1.29, 1.82) is 0 Å². The molecule has 0 aromatic heterocycles. The molecule has 9 nitrogen and oxygen atoms in total. The van der Waals surface area contributed by atoms with Crippen LogP contribution >= 0.6 is 0 Å². The van der Waals surface area contributed by atoms with Crippen LogP contribution in [0.3, 0.4) is 0 Å². The third-order valence-electron chi connectivity index (χ3n) is 5.32. The van der Waals surface area contributed by atoms with E-state index in [0.29, 0.717) is 64.5 Å². The molecule has 2 heterocycles. The Labute approximate surface area is 177 Å². The van der Waals surface area contributed by atoms with Gasteiger partial charge in [0.15, 0.2) is 0 Å². The molecule has 0 bridgehead atoms. The minimum atomic E-state index is -3.55. The van der Waals surface area contributed by atoms with Crippen LogP contribution in [-0.2, 0) is 29.1 Å². The average Bonchev–Trinajstić information content (AvgIpc) is 2.75. The number of ether oxygens (including phenoxy) is 2. The molecule has 2 fully saturated rings. The van der Waals surface area contributed by atoms with Gasteiger partial charge in [-0.05, 0) is 57.1 Å². The zero-order chi connectivity index (χ0) is 21.6. The van der Waals surface area contributed by atoms with Crippen molar-refractivity contribution in [3.8, 4) is 0 Å². The van der Waals surface area contributed by atoms with Crippen LogP contribution in [0.5, 0.6) is 0 Å². The van der Waals surface area contributed by atoms with Crippen molar-refractivity contribution in [3.05, 3.63) is 24.3 Å². The van der Waals surface area contributed by atoms with Gasteiger partial charge in [0, 0.05) is 18.8 Å². The van der Waals surface area contributed by atoms with E-state index in [9.17, 15) is 18.0 Å². The van der Waals surface area contributed by atoms with E-state index >= 15 is 0 Å². The quantitative estimate of drug-likeness (QED) is 0.630. The average molecular weight is 440 g/mol. The highest BCUT2D eigenvalue weighted by atomic mass is 32.2. The number of benzene rings is 1. The summed E-state index contributed by atoms with van der Waals surface area (Å²) in [5, 5.41) is 2.80. The van der Waals surface area contributed by atoms with Crippen LogP contribution in [0.2, 0.25) is 0 Å². The summed E-state index contributed by atoms with van der Waals surface area (Å²) in [7, 11) is -3.55. The van der Waals surface area contributed by atoms with Gasteiger partial charge in [0.25, 0.3) is 0 Å². The summed E-state index contributed by atoms with van der Waals surface area (Å²) < 4.78 is 37.0. The van der Waals surface area contributed by atoms with Gasteiger partial charge in [-0.3, -0.25) is 14.5 Å². The Morgan fingerprint density at radius 1 is 1.10 bits per heavy atom. The molecule has 0 atom stereocenters. The second kappa shape index (κ2) is 10.3. The number of hydrogen-bond acceptors (Lipinski definition) is 7. The van der Waals surface area contributed by atoms with E-state index in [0.717, 1.165) is 0 Å². The maximum atomic E-state index is 12.6. The Hall–Kier alpha value is -2.01. The van der Waals surface area contributed by atoms with Crippen molar-refractivity contribution in [3.63, 3.8) is 0 Å². The number of esters is 1. The Bertz CT molecular complexity index is 829. The minimum Gasteiger partial charge on any atom is -0.466 e. The number of rotatable bonds is 7. The first-order valence-electron chi connectivity index (χ1n) is 10.3. The molecule has 166 valence electrons. The summed E-state index contributed by atoms with van der Waals surface area (Å²) in [4.78, 5) is 26.3. The fraction of sp³-hybridized carbons (Fsp3) is 0.600. The van der Waals surface area contributed by atoms with Crippen molar-refractivity contribution in [2.75, 3.05) is 57.9 Å². The molecule has 2 aliphatic heterocycles. The van der Waals surface area contributed by atoms with Crippen LogP contribution in [-0.4, -0.2) is 82.0 Å². The predicted molar refractivity (Wildman–Crippen MR) is 110 cm³/mol. The van der Waals surface area contributed by atoms with Gasteiger partial charge in [-0.15, -0.1) is 0 Å². The molecule has 30 heavy (non-hydrogen) atoms. The minimum absolute atomic E-state index is 0.0924. The van der Waals surface area contributed by atoms with E-state index in [1.807, 2.05) is 4.90 Å². The normalized spacial score (nSPS) is 19.4.